The number of methoxy groups -OCH3 is 1. The van der Waals surface area contributed by atoms with E-state index < -0.39 is 0 Å². The number of fused-ring (bicyclic) bond motifs is 5. The molecule has 0 heterocycles. The van der Waals surface area contributed by atoms with Crippen molar-refractivity contribution < 1.29 is 19.7 Å². The Morgan fingerprint density at radius 1 is 1.10 bits per heavy atom. The van der Waals surface area contributed by atoms with Crippen LogP contribution in [0.25, 0.3) is 0 Å². The van der Waals surface area contributed by atoms with Crippen LogP contribution in [0.15, 0.2) is 0 Å². The normalized spacial score (nSPS) is 51.4. The zero-order valence-corrected chi connectivity index (χ0v) is 19.8. The molecule has 172 valence electrons. The summed E-state index contributed by atoms with van der Waals surface area (Å²) in [7, 11) is 1.45. The molecular formula is C26H44O4. The first-order valence-corrected chi connectivity index (χ1v) is 12.6. The molecular weight excluding hydrogens is 376 g/mol. The van der Waals surface area contributed by atoms with Crippen molar-refractivity contribution in [3.63, 3.8) is 0 Å². The molecule has 0 aromatic heterocycles. The number of carbonyl (C=O) groups is 1. The molecule has 4 fully saturated rings. The Morgan fingerprint density at radius 3 is 2.53 bits per heavy atom. The summed E-state index contributed by atoms with van der Waals surface area (Å²) in [6.45, 7) is 9.39. The zero-order valence-electron chi connectivity index (χ0n) is 19.8. The van der Waals surface area contributed by atoms with Crippen LogP contribution in [0.3, 0.4) is 0 Å². The van der Waals surface area contributed by atoms with E-state index in [1.165, 1.54) is 26.4 Å². The van der Waals surface area contributed by atoms with Crippen LogP contribution in [-0.2, 0) is 9.53 Å². The lowest BCUT2D eigenvalue weighted by Gasteiger charge is -2.63. The average Bonchev–Trinajstić information content (AvgIpc) is 3.06. The van der Waals surface area contributed by atoms with Gasteiger partial charge in [0, 0.05) is 6.42 Å². The Bertz CT molecular complexity index is 649. The van der Waals surface area contributed by atoms with E-state index >= 15 is 0 Å². The van der Waals surface area contributed by atoms with Gasteiger partial charge in [-0.25, -0.2) is 0 Å². The third-order valence-electron chi connectivity index (χ3n) is 10.8. The molecule has 4 saturated carbocycles. The van der Waals surface area contributed by atoms with E-state index in [1.807, 2.05) is 0 Å². The number of ether oxygens (including phenoxy) is 1. The first-order valence-electron chi connectivity index (χ1n) is 12.6. The molecule has 11 atom stereocenters. The van der Waals surface area contributed by atoms with Crippen LogP contribution in [0, 0.1) is 52.3 Å². The molecule has 0 spiro atoms. The van der Waals surface area contributed by atoms with Crippen molar-refractivity contribution in [3.8, 4) is 0 Å². The summed E-state index contributed by atoms with van der Waals surface area (Å²) in [6, 6.07) is 0. The van der Waals surface area contributed by atoms with Crippen molar-refractivity contribution in [2.24, 2.45) is 52.3 Å². The molecule has 4 rings (SSSR count). The number of aliphatic hydroxyl groups is 2. The molecule has 0 aliphatic heterocycles. The van der Waals surface area contributed by atoms with E-state index in [0.29, 0.717) is 41.9 Å². The fourth-order valence-corrected chi connectivity index (χ4v) is 9.02. The summed E-state index contributed by atoms with van der Waals surface area (Å²) >= 11 is 0. The van der Waals surface area contributed by atoms with Gasteiger partial charge in [-0.1, -0.05) is 34.1 Å². The highest BCUT2D eigenvalue weighted by molar-refractivity contribution is 5.69. The fraction of sp³-hybridized carbons (Fsp3) is 0.962. The monoisotopic (exact) mass is 420 g/mol. The molecule has 4 aliphatic carbocycles. The molecule has 0 radical (unpaired) electrons. The van der Waals surface area contributed by atoms with Crippen molar-refractivity contribution >= 4 is 5.97 Å². The van der Waals surface area contributed by atoms with Crippen LogP contribution in [0.4, 0.5) is 0 Å². The fourth-order valence-electron chi connectivity index (χ4n) is 9.02. The van der Waals surface area contributed by atoms with Crippen molar-refractivity contribution in [1.29, 1.82) is 0 Å². The minimum absolute atomic E-state index is 0.140. The zero-order chi connectivity index (χ0) is 21.8. The molecule has 0 bridgehead atoms. The Morgan fingerprint density at radius 2 is 1.83 bits per heavy atom. The smallest absolute Gasteiger partial charge is 0.305 e. The SMILES string of the molecule is COC(=O)CCC(C)C1CCC2C3C(O)CC4C[C@H](C)CCC4(C)C3CC(O)C12C. The van der Waals surface area contributed by atoms with Crippen LogP contribution in [-0.4, -0.2) is 35.5 Å². The predicted octanol–water partition coefficient (Wildman–Crippen LogP) is 4.81. The average molecular weight is 421 g/mol. The van der Waals surface area contributed by atoms with Gasteiger partial charge >= 0.3 is 5.97 Å². The third-order valence-corrected chi connectivity index (χ3v) is 10.8. The summed E-state index contributed by atoms with van der Waals surface area (Å²) in [6.07, 6.45) is 8.53. The molecule has 0 amide bonds. The second-order valence-electron chi connectivity index (χ2n) is 12.1. The second-order valence-corrected chi connectivity index (χ2v) is 12.1. The molecule has 4 nitrogen and oxygen atoms in total. The van der Waals surface area contributed by atoms with Gasteiger partial charge in [-0.15, -0.1) is 0 Å². The highest BCUT2D eigenvalue weighted by atomic mass is 16.5. The molecule has 4 aliphatic rings. The summed E-state index contributed by atoms with van der Waals surface area (Å²) in [4.78, 5) is 11.7. The number of esters is 1. The Kier molecular flexibility index (Phi) is 6.07. The lowest BCUT2D eigenvalue weighted by molar-refractivity contribution is -0.203. The minimum atomic E-state index is -0.307. The van der Waals surface area contributed by atoms with E-state index in [2.05, 4.69) is 27.7 Å². The summed E-state index contributed by atoms with van der Waals surface area (Å²) in [5.41, 5.74) is 0.121. The van der Waals surface area contributed by atoms with E-state index in [0.717, 1.165) is 38.0 Å². The summed E-state index contributed by atoms with van der Waals surface area (Å²) < 4.78 is 4.85. The molecule has 4 heteroatoms. The van der Waals surface area contributed by atoms with Crippen LogP contribution >= 0.6 is 0 Å². The maximum absolute atomic E-state index is 11.7. The summed E-state index contributed by atoms with van der Waals surface area (Å²) in [5.74, 6) is 3.17. The third kappa shape index (κ3) is 3.36. The quantitative estimate of drug-likeness (QED) is 0.640. The van der Waals surface area contributed by atoms with Gasteiger partial charge in [-0.05, 0) is 97.2 Å². The van der Waals surface area contributed by atoms with Crippen molar-refractivity contribution in [3.05, 3.63) is 0 Å². The summed E-state index contributed by atoms with van der Waals surface area (Å²) in [5, 5.41) is 23.0. The van der Waals surface area contributed by atoms with Gasteiger partial charge in [0.15, 0.2) is 0 Å². The lowest BCUT2D eigenvalue weighted by Crippen LogP contribution is -2.62. The van der Waals surface area contributed by atoms with Crippen LogP contribution in [0.5, 0.6) is 0 Å². The first-order chi connectivity index (χ1) is 14.1. The highest BCUT2D eigenvalue weighted by Gasteiger charge is 2.65. The van der Waals surface area contributed by atoms with Gasteiger partial charge in [0.1, 0.15) is 0 Å². The molecule has 2 N–H and O–H groups in total. The maximum atomic E-state index is 11.7. The van der Waals surface area contributed by atoms with E-state index in [4.69, 9.17) is 4.74 Å². The second kappa shape index (κ2) is 8.06. The van der Waals surface area contributed by atoms with Gasteiger partial charge in [-0.3, -0.25) is 4.79 Å². The van der Waals surface area contributed by atoms with Crippen LogP contribution in [0.1, 0.15) is 85.5 Å². The predicted molar refractivity (Wildman–Crippen MR) is 118 cm³/mol. The van der Waals surface area contributed by atoms with Gasteiger partial charge in [0.25, 0.3) is 0 Å². The standard InChI is InChI=1S/C26H44O4/c1-15-10-11-25(3)17(12-15)13-21(27)24-19-8-7-18(16(2)6-9-23(29)30-5)26(19,4)22(28)14-20(24)25/h15-22,24,27-28H,6-14H2,1-5H3/t15-,16?,17?,18?,19?,20?,21?,22?,24?,25?,26?/m1/s1. The largest absolute Gasteiger partial charge is 0.469 e. The topological polar surface area (TPSA) is 66.8 Å². The van der Waals surface area contributed by atoms with Gasteiger partial charge in [-0.2, -0.15) is 0 Å². The highest BCUT2D eigenvalue weighted by Crippen LogP contribution is 2.68. The molecule has 30 heavy (non-hydrogen) atoms. The lowest BCUT2D eigenvalue weighted by atomic mass is 9.42. The first kappa shape index (κ1) is 22.6. The van der Waals surface area contributed by atoms with Crippen LogP contribution in [0.2, 0.25) is 0 Å². The van der Waals surface area contributed by atoms with E-state index in [9.17, 15) is 15.0 Å². The minimum Gasteiger partial charge on any atom is -0.469 e. The molecule has 0 aromatic carbocycles. The van der Waals surface area contributed by atoms with Gasteiger partial charge < -0.3 is 14.9 Å². The van der Waals surface area contributed by atoms with Gasteiger partial charge in [0.05, 0.1) is 19.3 Å². The number of aliphatic hydroxyl groups excluding tert-OH is 2. The van der Waals surface area contributed by atoms with Gasteiger partial charge in [0.2, 0.25) is 0 Å². The van der Waals surface area contributed by atoms with Crippen molar-refractivity contribution in [2.45, 2.75) is 97.7 Å². The number of rotatable bonds is 4. The Labute approximate surface area is 183 Å². The molecule has 0 aromatic rings. The van der Waals surface area contributed by atoms with Crippen molar-refractivity contribution in [1.82, 2.24) is 0 Å². The maximum Gasteiger partial charge on any atom is 0.305 e. The number of carbonyl (C=O) groups excluding carboxylic acids is 1. The molecule has 0 saturated heterocycles. The van der Waals surface area contributed by atoms with Crippen molar-refractivity contribution in [2.75, 3.05) is 7.11 Å². The van der Waals surface area contributed by atoms with Crippen LogP contribution < -0.4 is 0 Å². The Balaban J connectivity index is 1.58. The Hall–Kier alpha value is -0.610. The van der Waals surface area contributed by atoms with E-state index in [-0.39, 0.29) is 29.0 Å². The number of hydrogen-bond donors (Lipinski definition) is 2. The molecule has 10 unspecified atom stereocenters. The number of hydrogen-bond acceptors (Lipinski definition) is 4. The van der Waals surface area contributed by atoms with E-state index in [1.54, 1.807) is 0 Å².